The van der Waals surface area contributed by atoms with Crippen molar-refractivity contribution in [2.24, 2.45) is 7.05 Å². The molecule has 34 heavy (non-hydrogen) atoms. The number of nitrogens with zero attached hydrogens (tertiary/aromatic N) is 1. The third-order valence-corrected chi connectivity index (χ3v) is 5.29. The van der Waals surface area contributed by atoms with E-state index in [1.807, 2.05) is 42.1 Å². The van der Waals surface area contributed by atoms with Gasteiger partial charge in [0.05, 0.1) is 5.69 Å². The molecule has 9 nitrogen and oxygen atoms in total. The van der Waals surface area contributed by atoms with Gasteiger partial charge in [0, 0.05) is 36.3 Å². The molecule has 3 N–H and O–H groups in total. The Morgan fingerprint density at radius 1 is 1.21 bits per heavy atom. The number of hydrogen-bond donors (Lipinski definition) is 3. The van der Waals surface area contributed by atoms with E-state index in [0.717, 1.165) is 16.5 Å². The molecule has 0 radical (unpaired) electrons. The van der Waals surface area contributed by atoms with E-state index in [1.165, 1.54) is 0 Å². The maximum atomic E-state index is 13.3. The molecule has 0 saturated carbocycles. The number of carbonyl (C=O) groups is 3. The number of anilines is 2. The minimum absolute atomic E-state index is 0.0500. The van der Waals surface area contributed by atoms with Crippen LogP contribution in [0.2, 0.25) is 0 Å². The topological polar surface area (TPSA) is 111 Å². The number of alkyl carbamates (subject to hydrolysis) is 1. The van der Waals surface area contributed by atoms with E-state index in [1.54, 1.807) is 39.0 Å². The highest BCUT2D eigenvalue weighted by molar-refractivity contribution is 6.00. The highest BCUT2D eigenvalue weighted by Gasteiger charge is 2.26. The predicted molar refractivity (Wildman–Crippen MR) is 129 cm³/mol. The highest BCUT2D eigenvalue weighted by atomic mass is 16.6. The molecule has 1 atom stereocenters. The van der Waals surface area contributed by atoms with Gasteiger partial charge in [-0.2, -0.15) is 0 Å². The number of hydrogen-bond acceptors (Lipinski definition) is 5. The van der Waals surface area contributed by atoms with E-state index in [9.17, 15) is 14.4 Å². The molecular weight excluding hydrogens is 436 g/mol. The first kappa shape index (κ1) is 23.2. The van der Waals surface area contributed by atoms with Crippen molar-refractivity contribution in [3.63, 3.8) is 0 Å². The normalized spacial score (nSPS) is 13.9. The summed E-state index contributed by atoms with van der Waals surface area (Å²) in [7, 11) is 1.94. The van der Waals surface area contributed by atoms with Crippen molar-refractivity contribution in [2.45, 2.75) is 38.8 Å². The summed E-state index contributed by atoms with van der Waals surface area (Å²) in [6.45, 7) is 5.23. The molecule has 0 bridgehead atoms. The molecule has 9 heteroatoms. The van der Waals surface area contributed by atoms with E-state index in [-0.39, 0.29) is 18.9 Å². The molecule has 2 aromatic carbocycles. The minimum atomic E-state index is -0.900. The van der Waals surface area contributed by atoms with E-state index < -0.39 is 23.6 Å². The van der Waals surface area contributed by atoms with Crippen LogP contribution in [-0.2, 0) is 27.8 Å². The van der Waals surface area contributed by atoms with Crippen LogP contribution in [0.4, 0.5) is 16.2 Å². The van der Waals surface area contributed by atoms with Gasteiger partial charge in [0.1, 0.15) is 17.4 Å². The Hall–Kier alpha value is -4.01. The molecule has 1 aromatic heterocycles. The lowest BCUT2D eigenvalue weighted by Gasteiger charge is -2.24. The second-order valence-corrected chi connectivity index (χ2v) is 9.22. The molecule has 0 unspecified atom stereocenters. The number of amides is 3. The summed E-state index contributed by atoms with van der Waals surface area (Å²) in [5, 5.41) is 9.25. The molecule has 4 rings (SSSR count). The first-order valence-corrected chi connectivity index (χ1v) is 11.0. The third kappa shape index (κ3) is 5.31. The van der Waals surface area contributed by atoms with Gasteiger partial charge in [-0.15, -0.1) is 0 Å². The van der Waals surface area contributed by atoms with Crippen LogP contribution in [0.3, 0.4) is 0 Å². The number of aryl methyl sites for hydroxylation is 1. The number of para-hydroxylation sites is 1. The molecule has 1 aliphatic rings. The van der Waals surface area contributed by atoms with Crippen LogP contribution in [0.15, 0.2) is 48.7 Å². The van der Waals surface area contributed by atoms with Crippen LogP contribution >= 0.6 is 0 Å². The maximum Gasteiger partial charge on any atom is 0.408 e. The zero-order valence-corrected chi connectivity index (χ0v) is 19.6. The average molecular weight is 465 g/mol. The van der Waals surface area contributed by atoms with Crippen molar-refractivity contribution in [2.75, 3.05) is 17.2 Å². The summed E-state index contributed by atoms with van der Waals surface area (Å²) in [6.07, 6.45) is 1.53. The van der Waals surface area contributed by atoms with Gasteiger partial charge in [-0.25, -0.2) is 4.79 Å². The number of rotatable bonds is 5. The van der Waals surface area contributed by atoms with Crippen LogP contribution in [0, 0.1) is 0 Å². The summed E-state index contributed by atoms with van der Waals surface area (Å²) in [6, 6.07) is 11.9. The molecule has 0 spiro atoms. The van der Waals surface area contributed by atoms with Crippen molar-refractivity contribution in [3.05, 3.63) is 54.2 Å². The fourth-order valence-corrected chi connectivity index (χ4v) is 3.86. The summed E-state index contributed by atoms with van der Waals surface area (Å²) in [5.41, 5.74) is 2.17. The zero-order valence-electron chi connectivity index (χ0n) is 19.6. The quantitative estimate of drug-likeness (QED) is 0.535. The molecule has 178 valence electrons. The molecule has 3 amide bonds. The van der Waals surface area contributed by atoms with Gasteiger partial charge < -0.3 is 30.0 Å². The lowest BCUT2D eigenvalue weighted by atomic mass is 10.0. The van der Waals surface area contributed by atoms with Crippen molar-refractivity contribution in [1.29, 1.82) is 0 Å². The first-order chi connectivity index (χ1) is 16.1. The fraction of sp³-hybridized carbons (Fsp3) is 0.320. The molecule has 0 fully saturated rings. The fourth-order valence-electron chi connectivity index (χ4n) is 3.86. The Bertz CT molecular complexity index is 1260. The SMILES string of the molecule is Cn1cc(C[C@@H](NC(=O)OC(C)(C)C)C(=O)Nc2ccc3c(c2)NC(=O)CO3)c2ccccc21. The predicted octanol–water partition coefficient (Wildman–Crippen LogP) is 3.58. The van der Waals surface area contributed by atoms with Gasteiger partial charge in [0.15, 0.2) is 6.61 Å². The minimum Gasteiger partial charge on any atom is -0.482 e. The zero-order chi connectivity index (χ0) is 24.5. The van der Waals surface area contributed by atoms with E-state index in [2.05, 4.69) is 16.0 Å². The van der Waals surface area contributed by atoms with Crippen molar-refractivity contribution < 1.29 is 23.9 Å². The van der Waals surface area contributed by atoms with E-state index in [0.29, 0.717) is 17.1 Å². The average Bonchev–Trinajstić information content (AvgIpc) is 3.07. The third-order valence-electron chi connectivity index (χ3n) is 5.29. The molecule has 3 aromatic rings. The van der Waals surface area contributed by atoms with Crippen LogP contribution in [0.25, 0.3) is 10.9 Å². The van der Waals surface area contributed by atoms with Crippen molar-refractivity contribution in [1.82, 2.24) is 9.88 Å². The lowest BCUT2D eigenvalue weighted by molar-refractivity contribution is -0.119. The Kier molecular flexibility index (Phi) is 6.19. The Balaban J connectivity index is 1.58. The summed E-state index contributed by atoms with van der Waals surface area (Å²) >= 11 is 0. The molecule has 0 saturated heterocycles. The maximum absolute atomic E-state index is 13.3. The van der Waals surface area contributed by atoms with Gasteiger partial charge in [-0.05, 0) is 50.6 Å². The van der Waals surface area contributed by atoms with Crippen LogP contribution in [0.1, 0.15) is 26.3 Å². The smallest absolute Gasteiger partial charge is 0.408 e. The van der Waals surface area contributed by atoms with Gasteiger partial charge in [0.25, 0.3) is 5.91 Å². The lowest BCUT2D eigenvalue weighted by Crippen LogP contribution is -2.47. The second-order valence-electron chi connectivity index (χ2n) is 9.22. The largest absolute Gasteiger partial charge is 0.482 e. The van der Waals surface area contributed by atoms with Crippen molar-refractivity contribution in [3.8, 4) is 5.75 Å². The Labute approximate surface area is 197 Å². The molecular formula is C25H28N4O5. The molecule has 2 heterocycles. The van der Waals surface area contributed by atoms with Crippen LogP contribution in [0.5, 0.6) is 5.75 Å². The number of fused-ring (bicyclic) bond motifs is 2. The summed E-state index contributed by atoms with van der Waals surface area (Å²) < 4.78 is 12.7. The van der Waals surface area contributed by atoms with Crippen LogP contribution in [-0.4, -0.2) is 40.7 Å². The standard InChI is InChI=1S/C25H28N4O5/c1-25(2,3)34-24(32)28-19(11-15-13-29(4)20-8-6-5-7-17(15)20)23(31)26-16-9-10-21-18(12-16)27-22(30)14-33-21/h5-10,12-13,19H,11,14H2,1-4H3,(H,26,31)(H,27,30)(H,28,32)/t19-/m1/s1. The monoisotopic (exact) mass is 464 g/mol. The van der Waals surface area contributed by atoms with Gasteiger partial charge >= 0.3 is 6.09 Å². The first-order valence-electron chi connectivity index (χ1n) is 11.0. The summed E-state index contributed by atoms with van der Waals surface area (Å²) in [4.78, 5) is 37.4. The number of nitrogens with one attached hydrogen (secondary N) is 3. The molecule has 0 aliphatic carbocycles. The second kappa shape index (κ2) is 9.09. The number of benzene rings is 2. The highest BCUT2D eigenvalue weighted by Crippen LogP contribution is 2.30. The summed E-state index contributed by atoms with van der Waals surface area (Å²) in [5.74, 6) is -0.157. The van der Waals surface area contributed by atoms with Gasteiger partial charge in [-0.1, -0.05) is 18.2 Å². The Morgan fingerprint density at radius 3 is 2.74 bits per heavy atom. The van der Waals surface area contributed by atoms with E-state index in [4.69, 9.17) is 9.47 Å². The van der Waals surface area contributed by atoms with E-state index >= 15 is 0 Å². The number of carbonyl (C=O) groups excluding carboxylic acids is 3. The van der Waals surface area contributed by atoms with Crippen molar-refractivity contribution >= 4 is 40.2 Å². The number of ether oxygens (including phenoxy) is 2. The van der Waals surface area contributed by atoms with Gasteiger partial charge in [0.2, 0.25) is 5.91 Å². The molecule has 1 aliphatic heterocycles. The van der Waals surface area contributed by atoms with Gasteiger partial charge in [-0.3, -0.25) is 9.59 Å². The number of aromatic nitrogens is 1. The Morgan fingerprint density at radius 2 is 1.97 bits per heavy atom. The van der Waals surface area contributed by atoms with Crippen LogP contribution < -0.4 is 20.7 Å².